The summed E-state index contributed by atoms with van der Waals surface area (Å²) in [5.74, 6) is -0.540. The van der Waals surface area contributed by atoms with Crippen molar-refractivity contribution >= 4 is 23.0 Å². The SMILES string of the molecule is Nc1c(F)ccc(Cl)c1N. The Hall–Kier alpha value is -0.960. The van der Waals surface area contributed by atoms with Crippen LogP contribution in [0.1, 0.15) is 0 Å². The van der Waals surface area contributed by atoms with E-state index >= 15 is 0 Å². The van der Waals surface area contributed by atoms with Crippen molar-refractivity contribution < 1.29 is 4.39 Å². The van der Waals surface area contributed by atoms with Crippen molar-refractivity contribution in [1.29, 1.82) is 0 Å². The van der Waals surface area contributed by atoms with E-state index in [1.807, 2.05) is 0 Å². The molecule has 0 heterocycles. The maximum Gasteiger partial charge on any atom is 0.148 e. The van der Waals surface area contributed by atoms with E-state index < -0.39 is 5.82 Å². The lowest BCUT2D eigenvalue weighted by atomic mass is 10.2. The Balaban J connectivity index is 3.34. The molecule has 0 amide bonds. The van der Waals surface area contributed by atoms with Gasteiger partial charge in [-0.3, -0.25) is 0 Å². The molecule has 0 saturated carbocycles. The van der Waals surface area contributed by atoms with Gasteiger partial charge in [0.25, 0.3) is 0 Å². The molecular formula is C6H6ClFN2. The first kappa shape index (κ1) is 7.15. The van der Waals surface area contributed by atoms with Crippen molar-refractivity contribution in [3.63, 3.8) is 0 Å². The molecular weight excluding hydrogens is 155 g/mol. The van der Waals surface area contributed by atoms with Gasteiger partial charge in [-0.1, -0.05) is 11.6 Å². The first-order chi connectivity index (χ1) is 4.63. The number of benzene rings is 1. The normalized spacial score (nSPS) is 9.80. The standard InChI is InChI=1S/C6H6ClFN2/c7-3-1-2-4(8)6(10)5(3)9/h1-2H,9-10H2. The van der Waals surface area contributed by atoms with Gasteiger partial charge in [-0.25, -0.2) is 4.39 Å². The van der Waals surface area contributed by atoms with Crippen LogP contribution in [-0.2, 0) is 0 Å². The van der Waals surface area contributed by atoms with Crippen molar-refractivity contribution in [1.82, 2.24) is 0 Å². The molecule has 0 saturated heterocycles. The van der Waals surface area contributed by atoms with Gasteiger partial charge in [-0.05, 0) is 12.1 Å². The Bertz CT molecular complexity index is 235. The van der Waals surface area contributed by atoms with Crippen molar-refractivity contribution in [3.05, 3.63) is 23.0 Å². The number of anilines is 2. The summed E-state index contributed by atoms with van der Waals surface area (Å²) in [6.45, 7) is 0. The van der Waals surface area contributed by atoms with Crippen LogP contribution in [0.2, 0.25) is 5.02 Å². The second kappa shape index (κ2) is 2.34. The van der Waals surface area contributed by atoms with E-state index in [0.717, 1.165) is 0 Å². The minimum absolute atomic E-state index is 0.0903. The lowest BCUT2D eigenvalue weighted by Crippen LogP contribution is -1.97. The van der Waals surface area contributed by atoms with Crippen LogP contribution in [0.5, 0.6) is 0 Å². The van der Waals surface area contributed by atoms with E-state index in [1.54, 1.807) is 0 Å². The highest BCUT2D eigenvalue weighted by Crippen LogP contribution is 2.26. The zero-order valence-electron chi connectivity index (χ0n) is 5.07. The minimum Gasteiger partial charge on any atom is -0.396 e. The molecule has 4 N–H and O–H groups in total. The summed E-state index contributed by atoms with van der Waals surface area (Å²) in [7, 11) is 0. The molecule has 0 atom stereocenters. The van der Waals surface area contributed by atoms with Gasteiger partial charge in [0.2, 0.25) is 0 Å². The topological polar surface area (TPSA) is 52.0 Å². The number of hydrogen-bond acceptors (Lipinski definition) is 2. The van der Waals surface area contributed by atoms with Crippen LogP contribution in [0.4, 0.5) is 15.8 Å². The van der Waals surface area contributed by atoms with Gasteiger partial charge in [-0.2, -0.15) is 0 Å². The van der Waals surface area contributed by atoms with E-state index in [0.29, 0.717) is 0 Å². The first-order valence-corrected chi connectivity index (χ1v) is 2.99. The molecule has 54 valence electrons. The maximum absolute atomic E-state index is 12.5. The van der Waals surface area contributed by atoms with Gasteiger partial charge in [0.05, 0.1) is 16.4 Å². The van der Waals surface area contributed by atoms with Gasteiger partial charge in [0.15, 0.2) is 0 Å². The fourth-order valence-corrected chi connectivity index (χ4v) is 0.748. The predicted octanol–water partition coefficient (Wildman–Crippen LogP) is 1.64. The highest BCUT2D eigenvalue weighted by Gasteiger charge is 2.04. The van der Waals surface area contributed by atoms with E-state index in [1.165, 1.54) is 12.1 Å². The van der Waals surface area contributed by atoms with Crippen molar-refractivity contribution in [2.45, 2.75) is 0 Å². The summed E-state index contributed by atoms with van der Waals surface area (Å²) in [6, 6.07) is 2.54. The Morgan fingerprint density at radius 3 is 2.30 bits per heavy atom. The molecule has 4 heteroatoms. The second-order valence-corrected chi connectivity index (χ2v) is 2.26. The zero-order chi connectivity index (χ0) is 7.72. The fraction of sp³-hybridized carbons (Fsp3) is 0. The van der Waals surface area contributed by atoms with E-state index in [-0.39, 0.29) is 16.4 Å². The third-order valence-corrected chi connectivity index (χ3v) is 1.51. The van der Waals surface area contributed by atoms with Crippen molar-refractivity contribution in [3.8, 4) is 0 Å². The predicted molar refractivity (Wildman–Crippen MR) is 40.2 cm³/mol. The second-order valence-electron chi connectivity index (χ2n) is 1.86. The molecule has 0 spiro atoms. The third kappa shape index (κ3) is 0.998. The van der Waals surface area contributed by atoms with Gasteiger partial charge in [0, 0.05) is 0 Å². The summed E-state index contributed by atoms with van der Waals surface area (Å²) >= 11 is 5.51. The molecule has 0 radical (unpaired) electrons. The summed E-state index contributed by atoms with van der Waals surface area (Å²) in [4.78, 5) is 0. The number of halogens is 2. The van der Waals surface area contributed by atoms with Crippen LogP contribution < -0.4 is 11.5 Å². The van der Waals surface area contributed by atoms with Crippen LogP contribution >= 0.6 is 11.6 Å². The molecule has 0 aliphatic heterocycles. The zero-order valence-corrected chi connectivity index (χ0v) is 5.82. The van der Waals surface area contributed by atoms with Crippen LogP contribution in [0.3, 0.4) is 0 Å². The molecule has 0 aromatic heterocycles. The first-order valence-electron chi connectivity index (χ1n) is 2.62. The monoisotopic (exact) mass is 160 g/mol. The molecule has 0 aliphatic rings. The molecule has 0 bridgehead atoms. The van der Waals surface area contributed by atoms with E-state index in [9.17, 15) is 4.39 Å². The van der Waals surface area contributed by atoms with Crippen molar-refractivity contribution in [2.24, 2.45) is 0 Å². The lowest BCUT2D eigenvalue weighted by Gasteiger charge is -2.01. The molecule has 10 heavy (non-hydrogen) atoms. The van der Waals surface area contributed by atoms with E-state index in [4.69, 9.17) is 23.1 Å². The summed E-state index contributed by atoms with van der Waals surface area (Å²) in [5.41, 5.74) is 10.5. The number of hydrogen-bond donors (Lipinski definition) is 2. The summed E-state index contributed by atoms with van der Waals surface area (Å²) in [5, 5.41) is 0.277. The molecule has 0 fully saturated rings. The van der Waals surface area contributed by atoms with Crippen molar-refractivity contribution in [2.75, 3.05) is 11.5 Å². The Labute approximate surface area is 62.6 Å². The quantitative estimate of drug-likeness (QED) is 0.567. The van der Waals surface area contributed by atoms with Gasteiger partial charge in [0.1, 0.15) is 5.82 Å². The Morgan fingerprint density at radius 2 is 1.80 bits per heavy atom. The molecule has 0 unspecified atom stereocenters. The highest BCUT2D eigenvalue weighted by molar-refractivity contribution is 6.33. The minimum atomic E-state index is -0.540. The van der Waals surface area contributed by atoms with Gasteiger partial charge < -0.3 is 11.5 Å². The van der Waals surface area contributed by atoms with Crippen LogP contribution in [0, 0.1) is 5.82 Å². The lowest BCUT2D eigenvalue weighted by molar-refractivity contribution is 0.633. The number of nitrogen functional groups attached to an aromatic ring is 2. The summed E-state index contributed by atoms with van der Waals surface area (Å²) < 4.78 is 12.5. The van der Waals surface area contributed by atoms with Crippen LogP contribution in [0.25, 0.3) is 0 Å². The average molecular weight is 161 g/mol. The Kier molecular flexibility index (Phi) is 1.68. The third-order valence-electron chi connectivity index (χ3n) is 1.18. The van der Waals surface area contributed by atoms with Gasteiger partial charge >= 0.3 is 0 Å². The van der Waals surface area contributed by atoms with Crippen LogP contribution in [-0.4, -0.2) is 0 Å². The Morgan fingerprint density at radius 1 is 1.20 bits per heavy atom. The smallest absolute Gasteiger partial charge is 0.148 e. The molecule has 0 aliphatic carbocycles. The fourth-order valence-electron chi connectivity index (χ4n) is 0.583. The van der Waals surface area contributed by atoms with Gasteiger partial charge in [-0.15, -0.1) is 0 Å². The highest BCUT2D eigenvalue weighted by atomic mass is 35.5. The molecule has 1 aromatic rings. The number of rotatable bonds is 0. The maximum atomic E-state index is 12.5. The summed E-state index contributed by atoms with van der Waals surface area (Å²) in [6.07, 6.45) is 0. The molecule has 1 rings (SSSR count). The molecule has 2 nitrogen and oxygen atoms in total. The molecule has 1 aromatic carbocycles. The van der Waals surface area contributed by atoms with E-state index in [2.05, 4.69) is 0 Å². The van der Waals surface area contributed by atoms with Crippen LogP contribution in [0.15, 0.2) is 12.1 Å². The number of nitrogens with two attached hydrogens (primary N) is 2. The average Bonchev–Trinajstić information content (AvgIpc) is 1.93. The largest absolute Gasteiger partial charge is 0.396 e.